The van der Waals surface area contributed by atoms with Gasteiger partial charge in [0.05, 0.1) is 0 Å². The Labute approximate surface area is 99.0 Å². The third-order valence-corrected chi connectivity index (χ3v) is 4.75. The Bertz CT molecular complexity index is 104. The zero-order valence-electron chi connectivity index (χ0n) is 10.1. The molecule has 0 heterocycles. The molecule has 0 radical (unpaired) electrons. The second-order valence-electron chi connectivity index (χ2n) is 3.59. The fourth-order valence-electron chi connectivity index (χ4n) is 1.50. The van der Waals surface area contributed by atoms with Crippen LogP contribution in [-0.2, 0) is 0 Å². The molecule has 14 heavy (non-hydrogen) atoms. The zero-order chi connectivity index (χ0) is 10.6. The van der Waals surface area contributed by atoms with Crippen LogP contribution in [0.5, 0.6) is 0 Å². The maximum Gasteiger partial charge on any atom is 0.0138 e. The van der Waals surface area contributed by atoms with Gasteiger partial charge in [-0.2, -0.15) is 23.5 Å². The Hall–Kier alpha value is 0.700. The Morgan fingerprint density at radius 1 is 0.929 bits per heavy atom. The van der Waals surface area contributed by atoms with E-state index in [1.165, 1.54) is 49.4 Å². The molecule has 86 valence electrons. The Kier molecular flexibility index (Phi) is 12.4. The largest absolute Gasteiger partial charge is 0.161 e. The maximum atomic E-state index is 2.28. The quantitative estimate of drug-likeness (QED) is 0.497. The molecule has 0 fully saturated rings. The molecule has 0 saturated heterocycles. The third-order valence-electron chi connectivity index (χ3n) is 2.29. The first kappa shape index (κ1) is 14.7. The maximum absolute atomic E-state index is 2.28. The lowest BCUT2D eigenvalue weighted by atomic mass is 10.1. The summed E-state index contributed by atoms with van der Waals surface area (Å²) >= 11 is 4.25. The third kappa shape index (κ3) is 9.26. The number of hydrogen-bond acceptors (Lipinski definition) is 2. The SMILES string of the molecule is CCCCCCC(CSCC)SCC. The molecule has 0 aliphatic heterocycles. The van der Waals surface area contributed by atoms with Crippen LogP contribution in [0, 0.1) is 0 Å². The molecule has 1 atom stereocenters. The van der Waals surface area contributed by atoms with Crippen LogP contribution < -0.4 is 0 Å². The normalized spacial score (nSPS) is 13.1. The van der Waals surface area contributed by atoms with Gasteiger partial charge in [0.15, 0.2) is 0 Å². The van der Waals surface area contributed by atoms with Gasteiger partial charge >= 0.3 is 0 Å². The van der Waals surface area contributed by atoms with Crippen molar-refractivity contribution in [2.75, 3.05) is 17.3 Å². The van der Waals surface area contributed by atoms with Crippen molar-refractivity contribution in [2.24, 2.45) is 0 Å². The van der Waals surface area contributed by atoms with Crippen molar-refractivity contribution >= 4 is 23.5 Å². The van der Waals surface area contributed by atoms with Gasteiger partial charge in [0.25, 0.3) is 0 Å². The highest BCUT2D eigenvalue weighted by atomic mass is 32.2. The van der Waals surface area contributed by atoms with Crippen molar-refractivity contribution in [3.8, 4) is 0 Å². The van der Waals surface area contributed by atoms with Crippen LogP contribution in [0.4, 0.5) is 0 Å². The van der Waals surface area contributed by atoms with Crippen LogP contribution >= 0.6 is 23.5 Å². The highest BCUT2D eigenvalue weighted by molar-refractivity contribution is 8.03. The van der Waals surface area contributed by atoms with Crippen LogP contribution in [0.25, 0.3) is 0 Å². The first-order chi connectivity index (χ1) is 6.85. The van der Waals surface area contributed by atoms with E-state index in [1.54, 1.807) is 0 Å². The van der Waals surface area contributed by atoms with E-state index in [2.05, 4.69) is 44.3 Å². The van der Waals surface area contributed by atoms with Crippen molar-refractivity contribution in [3.63, 3.8) is 0 Å². The summed E-state index contributed by atoms with van der Waals surface area (Å²) in [5.41, 5.74) is 0. The molecule has 0 nitrogen and oxygen atoms in total. The van der Waals surface area contributed by atoms with E-state index in [9.17, 15) is 0 Å². The molecule has 0 bridgehead atoms. The second-order valence-corrected chi connectivity index (χ2v) is 6.48. The van der Waals surface area contributed by atoms with Gasteiger partial charge in [-0.3, -0.25) is 0 Å². The standard InChI is InChI=1S/C12H26S2/c1-4-7-8-9-10-12(14-6-3)11-13-5-2/h12H,4-11H2,1-3H3. The fraction of sp³-hybridized carbons (Fsp3) is 1.00. The van der Waals surface area contributed by atoms with E-state index < -0.39 is 0 Å². The number of thioether (sulfide) groups is 2. The molecule has 0 spiro atoms. The lowest BCUT2D eigenvalue weighted by Crippen LogP contribution is -2.07. The Morgan fingerprint density at radius 2 is 1.71 bits per heavy atom. The summed E-state index contributed by atoms with van der Waals surface area (Å²) in [6, 6.07) is 0. The zero-order valence-corrected chi connectivity index (χ0v) is 11.7. The van der Waals surface area contributed by atoms with Gasteiger partial charge in [-0.15, -0.1) is 0 Å². The summed E-state index contributed by atoms with van der Waals surface area (Å²) in [4.78, 5) is 0. The predicted molar refractivity (Wildman–Crippen MR) is 73.7 cm³/mol. The minimum atomic E-state index is 0.918. The van der Waals surface area contributed by atoms with Crippen LogP contribution in [0.3, 0.4) is 0 Å². The van der Waals surface area contributed by atoms with Crippen LogP contribution in [0.2, 0.25) is 0 Å². The van der Waals surface area contributed by atoms with Gasteiger partial charge in [0.2, 0.25) is 0 Å². The number of rotatable bonds is 10. The van der Waals surface area contributed by atoms with Gasteiger partial charge in [-0.25, -0.2) is 0 Å². The average molecular weight is 234 g/mol. The molecule has 0 amide bonds. The van der Waals surface area contributed by atoms with Crippen molar-refractivity contribution < 1.29 is 0 Å². The molecule has 0 aliphatic carbocycles. The van der Waals surface area contributed by atoms with E-state index in [0.717, 1.165) is 5.25 Å². The van der Waals surface area contributed by atoms with Crippen molar-refractivity contribution in [3.05, 3.63) is 0 Å². The van der Waals surface area contributed by atoms with Crippen LogP contribution in [0.1, 0.15) is 52.9 Å². The summed E-state index contributed by atoms with van der Waals surface area (Å²) in [7, 11) is 0. The van der Waals surface area contributed by atoms with Crippen LogP contribution in [0.15, 0.2) is 0 Å². The van der Waals surface area contributed by atoms with Crippen molar-refractivity contribution in [2.45, 2.75) is 58.1 Å². The van der Waals surface area contributed by atoms with Gasteiger partial charge < -0.3 is 0 Å². The second kappa shape index (κ2) is 11.8. The molecule has 0 aromatic heterocycles. The monoisotopic (exact) mass is 234 g/mol. The van der Waals surface area contributed by atoms with Crippen molar-refractivity contribution in [1.29, 1.82) is 0 Å². The first-order valence-electron chi connectivity index (χ1n) is 6.04. The Morgan fingerprint density at radius 3 is 2.29 bits per heavy atom. The first-order valence-corrected chi connectivity index (χ1v) is 8.24. The molecular formula is C12H26S2. The Balaban J connectivity index is 3.40. The van der Waals surface area contributed by atoms with E-state index in [1.807, 2.05) is 0 Å². The molecule has 1 unspecified atom stereocenters. The minimum absolute atomic E-state index is 0.918. The summed E-state index contributed by atoms with van der Waals surface area (Å²) < 4.78 is 0. The van der Waals surface area contributed by atoms with Gasteiger partial charge in [-0.1, -0.05) is 46.5 Å². The van der Waals surface area contributed by atoms with E-state index in [-0.39, 0.29) is 0 Å². The van der Waals surface area contributed by atoms with Crippen molar-refractivity contribution in [1.82, 2.24) is 0 Å². The molecule has 0 saturated carbocycles. The highest BCUT2D eigenvalue weighted by Gasteiger charge is 2.07. The smallest absolute Gasteiger partial charge is 0.0138 e. The molecule has 0 aromatic carbocycles. The minimum Gasteiger partial charge on any atom is -0.161 e. The van der Waals surface area contributed by atoms with Gasteiger partial charge in [0.1, 0.15) is 0 Å². The molecular weight excluding hydrogens is 208 g/mol. The summed E-state index contributed by atoms with van der Waals surface area (Å²) in [5.74, 6) is 3.92. The summed E-state index contributed by atoms with van der Waals surface area (Å²) in [5, 5.41) is 0.918. The molecule has 0 rings (SSSR count). The lowest BCUT2D eigenvalue weighted by Gasteiger charge is -2.14. The predicted octanol–water partition coefficient (Wildman–Crippen LogP) is 4.83. The van der Waals surface area contributed by atoms with E-state index >= 15 is 0 Å². The van der Waals surface area contributed by atoms with Gasteiger partial charge in [-0.05, 0) is 17.9 Å². The lowest BCUT2D eigenvalue weighted by molar-refractivity contribution is 0.632. The molecule has 0 N–H and O–H groups in total. The highest BCUT2D eigenvalue weighted by Crippen LogP contribution is 2.22. The van der Waals surface area contributed by atoms with Gasteiger partial charge in [0, 0.05) is 11.0 Å². The van der Waals surface area contributed by atoms with Crippen LogP contribution in [-0.4, -0.2) is 22.5 Å². The summed E-state index contributed by atoms with van der Waals surface area (Å²) in [6.07, 6.45) is 7.09. The van der Waals surface area contributed by atoms with E-state index in [0.29, 0.717) is 0 Å². The van der Waals surface area contributed by atoms with E-state index in [4.69, 9.17) is 0 Å². The summed E-state index contributed by atoms with van der Waals surface area (Å²) in [6.45, 7) is 6.82. The average Bonchev–Trinajstić information content (AvgIpc) is 2.20. The number of unbranched alkanes of at least 4 members (excludes halogenated alkanes) is 3. The molecule has 2 heteroatoms. The molecule has 0 aliphatic rings. The fourth-order valence-corrected chi connectivity index (χ4v) is 3.64. The molecule has 0 aromatic rings. The number of hydrogen-bond donors (Lipinski definition) is 0. The topological polar surface area (TPSA) is 0 Å².